The monoisotopic (exact) mass is 267 g/mol. The summed E-state index contributed by atoms with van der Waals surface area (Å²) in [6, 6.07) is 3.73. The van der Waals surface area contributed by atoms with E-state index in [-0.39, 0.29) is 5.28 Å². The Balaban J connectivity index is 2.36. The van der Waals surface area contributed by atoms with Crippen molar-refractivity contribution in [2.24, 2.45) is 7.05 Å². The van der Waals surface area contributed by atoms with Gasteiger partial charge in [0, 0.05) is 19.3 Å². The van der Waals surface area contributed by atoms with Crippen molar-refractivity contribution in [3.8, 4) is 5.82 Å². The van der Waals surface area contributed by atoms with Gasteiger partial charge >= 0.3 is 0 Å². The van der Waals surface area contributed by atoms with Gasteiger partial charge in [-0.3, -0.25) is 9.25 Å². The van der Waals surface area contributed by atoms with Crippen molar-refractivity contribution in [1.82, 2.24) is 24.3 Å². The van der Waals surface area contributed by atoms with Crippen LogP contribution in [0.2, 0.25) is 10.4 Å². The summed E-state index contributed by atoms with van der Waals surface area (Å²) >= 11 is 11.8. The molecular formula is C10H7Cl2N5. The predicted octanol–water partition coefficient (Wildman–Crippen LogP) is 2.46. The van der Waals surface area contributed by atoms with E-state index in [4.69, 9.17) is 23.2 Å². The molecule has 0 aliphatic carbocycles. The summed E-state index contributed by atoms with van der Waals surface area (Å²) < 4.78 is 3.60. The van der Waals surface area contributed by atoms with Crippen LogP contribution in [0.1, 0.15) is 0 Å². The van der Waals surface area contributed by atoms with E-state index in [0.29, 0.717) is 10.8 Å². The number of fused-ring (bicyclic) bond motifs is 1. The SMILES string of the molecule is Cn1nccc1-n1ccc2c(Cl)nc(Cl)nc21. The van der Waals surface area contributed by atoms with Crippen LogP contribution in [0.5, 0.6) is 0 Å². The Morgan fingerprint density at radius 2 is 2.00 bits per heavy atom. The predicted molar refractivity (Wildman–Crippen MR) is 65.7 cm³/mol. The first-order valence-corrected chi connectivity index (χ1v) is 5.61. The molecule has 0 fully saturated rings. The smallest absolute Gasteiger partial charge is 0.225 e. The van der Waals surface area contributed by atoms with Gasteiger partial charge in [-0.2, -0.15) is 10.1 Å². The van der Waals surface area contributed by atoms with Gasteiger partial charge in [0.25, 0.3) is 0 Å². The zero-order valence-corrected chi connectivity index (χ0v) is 10.3. The van der Waals surface area contributed by atoms with E-state index in [1.165, 1.54) is 0 Å². The van der Waals surface area contributed by atoms with Gasteiger partial charge in [-0.25, -0.2) is 4.98 Å². The number of aryl methyl sites for hydroxylation is 1. The summed E-state index contributed by atoms with van der Waals surface area (Å²) in [6.07, 6.45) is 3.57. The number of rotatable bonds is 1. The molecule has 0 aromatic carbocycles. The molecule has 0 saturated carbocycles. The molecule has 0 amide bonds. The lowest BCUT2D eigenvalue weighted by Gasteiger charge is -2.04. The summed E-state index contributed by atoms with van der Waals surface area (Å²) in [5.74, 6) is 0.880. The molecule has 0 aliphatic rings. The minimum absolute atomic E-state index is 0.129. The summed E-state index contributed by atoms with van der Waals surface area (Å²) in [7, 11) is 1.85. The van der Waals surface area contributed by atoms with Crippen LogP contribution in [0, 0.1) is 0 Å². The summed E-state index contributed by atoms with van der Waals surface area (Å²) in [5.41, 5.74) is 0.665. The van der Waals surface area contributed by atoms with Crippen LogP contribution in [-0.2, 0) is 7.05 Å². The number of hydrogen-bond acceptors (Lipinski definition) is 3. The minimum atomic E-state index is 0.129. The maximum atomic E-state index is 6.01. The van der Waals surface area contributed by atoms with E-state index >= 15 is 0 Å². The molecule has 0 atom stereocenters. The normalized spacial score (nSPS) is 11.2. The molecule has 17 heavy (non-hydrogen) atoms. The van der Waals surface area contributed by atoms with Gasteiger partial charge in [0.1, 0.15) is 11.0 Å². The lowest BCUT2D eigenvalue weighted by Crippen LogP contribution is -2.02. The molecule has 7 heteroatoms. The van der Waals surface area contributed by atoms with Crippen molar-refractivity contribution < 1.29 is 0 Å². The fourth-order valence-electron chi connectivity index (χ4n) is 1.74. The number of hydrogen-bond donors (Lipinski definition) is 0. The second-order valence-corrected chi connectivity index (χ2v) is 4.22. The van der Waals surface area contributed by atoms with Gasteiger partial charge in [-0.1, -0.05) is 11.6 Å². The van der Waals surface area contributed by atoms with E-state index in [9.17, 15) is 0 Å². The maximum Gasteiger partial charge on any atom is 0.225 e. The molecule has 0 N–H and O–H groups in total. The Hall–Kier alpha value is -1.59. The van der Waals surface area contributed by atoms with Crippen LogP contribution in [0.3, 0.4) is 0 Å². The van der Waals surface area contributed by atoms with Gasteiger partial charge in [-0.15, -0.1) is 0 Å². The lowest BCUT2D eigenvalue weighted by atomic mass is 10.4. The van der Waals surface area contributed by atoms with E-state index in [1.54, 1.807) is 10.9 Å². The Bertz CT molecular complexity index is 700. The Labute approximate surface area is 107 Å². The maximum absolute atomic E-state index is 6.01. The number of halogens is 2. The van der Waals surface area contributed by atoms with Gasteiger partial charge < -0.3 is 0 Å². The fraction of sp³-hybridized carbons (Fsp3) is 0.100. The highest BCUT2D eigenvalue weighted by atomic mass is 35.5. The average molecular weight is 268 g/mol. The first-order chi connectivity index (χ1) is 8.16. The second kappa shape index (κ2) is 3.72. The third-order valence-corrected chi connectivity index (χ3v) is 2.97. The molecule has 0 aliphatic heterocycles. The minimum Gasteiger partial charge on any atom is -0.285 e. The van der Waals surface area contributed by atoms with E-state index < -0.39 is 0 Å². The Kier molecular flexibility index (Phi) is 2.31. The van der Waals surface area contributed by atoms with Crippen molar-refractivity contribution in [3.63, 3.8) is 0 Å². The number of aromatic nitrogens is 5. The van der Waals surface area contributed by atoms with Crippen LogP contribution in [-0.4, -0.2) is 24.3 Å². The molecule has 0 bridgehead atoms. The molecule has 5 nitrogen and oxygen atoms in total. The quantitative estimate of drug-likeness (QED) is 0.503. The highest BCUT2D eigenvalue weighted by Crippen LogP contribution is 2.25. The molecule has 3 heterocycles. The van der Waals surface area contributed by atoms with E-state index in [2.05, 4.69) is 15.1 Å². The van der Waals surface area contributed by atoms with Crippen molar-refractivity contribution >= 4 is 34.2 Å². The number of nitrogens with zero attached hydrogens (tertiary/aromatic N) is 5. The first-order valence-electron chi connectivity index (χ1n) is 4.85. The van der Waals surface area contributed by atoms with Crippen molar-refractivity contribution in [2.45, 2.75) is 0 Å². The second-order valence-electron chi connectivity index (χ2n) is 3.52. The van der Waals surface area contributed by atoms with Crippen LogP contribution < -0.4 is 0 Å². The van der Waals surface area contributed by atoms with Crippen LogP contribution in [0.15, 0.2) is 24.5 Å². The third-order valence-electron chi connectivity index (χ3n) is 2.51. The summed E-state index contributed by atoms with van der Waals surface area (Å²) in [6.45, 7) is 0. The van der Waals surface area contributed by atoms with Gasteiger partial charge in [-0.05, 0) is 17.7 Å². The zero-order valence-electron chi connectivity index (χ0n) is 8.80. The van der Waals surface area contributed by atoms with Crippen LogP contribution in [0.25, 0.3) is 16.9 Å². The zero-order chi connectivity index (χ0) is 12.0. The molecule has 86 valence electrons. The lowest BCUT2D eigenvalue weighted by molar-refractivity contribution is 0.734. The molecule has 3 aromatic rings. The fourth-order valence-corrected chi connectivity index (χ4v) is 2.18. The molecule has 3 aromatic heterocycles. The Morgan fingerprint density at radius 1 is 1.18 bits per heavy atom. The van der Waals surface area contributed by atoms with E-state index in [1.807, 2.05) is 29.9 Å². The molecular weight excluding hydrogens is 261 g/mol. The van der Waals surface area contributed by atoms with Crippen LogP contribution in [0.4, 0.5) is 0 Å². The summed E-state index contributed by atoms with van der Waals surface area (Å²) in [4.78, 5) is 8.09. The van der Waals surface area contributed by atoms with E-state index in [0.717, 1.165) is 11.2 Å². The van der Waals surface area contributed by atoms with Crippen molar-refractivity contribution in [3.05, 3.63) is 35.0 Å². The molecule has 0 radical (unpaired) electrons. The topological polar surface area (TPSA) is 48.5 Å². The van der Waals surface area contributed by atoms with Crippen molar-refractivity contribution in [1.29, 1.82) is 0 Å². The first kappa shape index (κ1) is 10.6. The summed E-state index contributed by atoms with van der Waals surface area (Å²) in [5, 5.41) is 5.35. The highest BCUT2D eigenvalue weighted by molar-refractivity contribution is 6.35. The van der Waals surface area contributed by atoms with Gasteiger partial charge in [0.2, 0.25) is 5.28 Å². The van der Waals surface area contributed by atoms with Gasteiger partial charge in [0.15, 0.2) is 5.65 Å². The van der Waals surface area contributed by atoms with Crippen molar-refractivity contribution in [2.75, 3.05) is 0 Å². The molecule has 0 spiro atoms. The Morgan fingerprint density at radius 3 is 2.71 bits per heavy atom. The molecule has 3 rings (SSSR count). The van der Waals surface area contributed by atoms with Crippen LogP contribution >= 0.6 is 23.2 Å². The molecule has 0 unspecified atom stereocenters. The highest BCUT2D eigenvalue weighted by Gasteiger charge is 2.12. The largest absolute Gasteiger partial charge is 0.285 e. The standard InChI is InChI=1S/C10H7Cl2N5/c1-16-7(2-4-13-16)17-5-3-6-8(11)14-10(12)15-9(6)17/h2-5H,1H3. The van der Waals surface area contributed by atoms with Gasteiger partial charge in [0.05, 0.1) is 11.6 Å². The third kappa shape index (κ3) is 1.59. The molecule has 0 saturated heterocycles. The average Bonchev–Trinajstić information content (AvgIpc) is 2.84.